The Bertz CT molecular complexity index is 389. The molecule has 2 amide bonds. The molecule has 0 aromatic heterocycles. The maximum Gasteiger partial charge on any atom is 0.407 e. The van der Waals surface area contributed by atoms with Crippen LogP contribution in [-0.4, -0.2) is 41.1 Å². The summed E-state index contributed by atoms with van der Waals surface area (Å²) in [5.41, 5.74) is -0.491. The van der Waals surface area contributed by atoms with Crippen molar-refractivity contribution in [3.8, 4) is 0 Å². The minimum absolute atomic E-state index is 0.0237. The van der Waals surface area contributed by atoms with Gasteiger partial charge in [0, 0.05) is 13.0 Å². The highest BCUT2D eigenvalue weighted by atomic mass is 16.6. The second kappa shape index (κ2) is 6.67. The summed E-state index contributed by atoms with van der Waals surface area (Å²) in [5, 5.41) is 2.99. The number of piperidine rings is 1. The fourth-order valence-electron chi connectivity index (χ4n) is 3.29. The van der Waals surface area contributed by atoms with Crippen LogP contribution >= 0.6 is 0 Å². The lowest BCUT2D eigenvalue weighted by molar-refractivity contribution is -0.137. The Morgan fingerprint density at radius 1 is 1.19 bits per heavy atom. The van der Waals surface area contributed by atoms with E-state index in [1.807, 2.05) is 25.7 Å². The second-order valence-electron chi connectivity index (χ2n) is 7.15. The summed E-state index contributed by atoms with van der Waals surface area (Å²) in [7, 11) is 0. The van der Waals surface area contributed by atoms with Crippen molar-refractivity contribution < 1.29 is 14.3 Å². The summed E-state index contributed by atoms with van der Waals surface area (Å²) in [4.78, 5) is 26.1. The summed E-state index contributed by atoms with van der Waals surface area (Å²) >= 11 is 0. The third kappa shape index (κ3) is 4.61. The van der Waals surface area contributed by atoms with Gasteiger partial charge in [0.05, 0.1) is 12.1 Å². The molecule has 1 heterocycles. The molecule has 21 heavy (non-hydrogen) atoms. The summed E-state index contributed by atoms with van der Waals surface area (Å²) in [5.74, 6) is 0.240. The van der Waals surface area contributed by atoms with Crippen molar-refractivity contribution in [2.24, 2.45) is 0 Å². The summed E-state index contributed by atoms with van der Waals surface area (Å²) in [6.07, 6.45) is 6.46. The van der Waals surface area contributed by atoms with Crippen molar-refractivity contribution in [2.45, 2.75) is 83.4 Å². The van der Waals surface area contributed by atoms with E-state index in [-0.39, 0.29) is 24.1 Å². The molecule has 0 aromatic carbocycles. The van der Waals surface area contributed by atoms with E-state index >= 15 is 0 Å². The molecule has 2 atom stereocenters. The monoisotopic (exact) mass is 296 g/mol. The van der Waals surface area contributed by atoms with E-state index < -0.39 is 5.60 Å². The predicted molar refractivity (Wildman–Crippen MR) is 81.0 cm³/mol. The van der Waals surface area contributed by atoms with Crippen molar-refractivity contribution >= 4 is 12.0 Å². The number of rotatable bonds is 2. The molecule has 2 fully saturated rings. The molecule has 120 valence electrons. The average molecular weight is 296 g/mol. The Morgan fingerprint density at radius 3 is 2.57 bits per heavy atom. The van der Waals surface area contributed by atoms with Gasteiger partial charge in [0.1, 0.15) is 5.60 Å². The van der Waals surface area contributed by atoms with E-state index in [2.05, 4.69) is 5.32 Å². The van der Waals surface area contributed by atoms with E-state index in [0.29, 0.717) is 6.42 Å². The van der Waals surface area contributed by atoms with Crippen LogP contribution in [0.2, 0.25) is 0 Å². The quantitative estimate of drug-likeness (QED) is 0.852. The van der Waals surface area contributed by atoms with Crippen LogP contribution in [0.5, 0.6) is 0 Å². The minimum atomic E-state index is -0.491. The third-order valence-corrected chi connectivity index (χ3v) is 4.19. The Labute approximate surface area is 127 Å². The van der Waals surface area contributed by atoms with Crippen LogP contribution in [0.4, 0.5) is 4.79 Å². The topological polar surface area (TPSA) is 58.6 Å². The Balaban J connectivity index is 1.98. The van der Waals surface area contributed by atoms with Crippen molar-refractivity contribution in [1.29, 1.82) is 0 Å². The summed E-state index contributed by atoms with van der Waals surface area (Å²) in [6.45, 7) is 6.41. The zero-order valence-corrected chi connectivity index (χ0v) is 13.5. The fourth-order valence-corrected chi connectivity index (χ4v) is 3.29. The molecule has 1 saturated heterocycles. The van der Waals surface area contributed by atoms with Gasteiger partial charge in [-0.3, -0.25) is 4.79 Å². The Morgan fingerprint density at radius 2 is 1.90 bits per heavy atom. The predicted octanol–water partition coefficient (Wildman–Crippen LogP) is 2.83. The van der Waals surface area contributed by atoms with E-state index in [9.17, 15) is 9.59 Å². The van der Waals surface area contributed by atoms with Crippen molar-refractivity contribution in [1.82, 2.24) is 10.2 Å². The van der Waals surface area contributed by atoms with Gasteiger partial charge in [-0.05, 0) is 46.5 Å². The minimum Gasteiger partial charge on any atom is -0.444 e. The SMILES string of the molecule is CC(C)(C)OC(=O)N[C@@H]1CCCC[C@H]1N1CCCCC1=O. The van der Waals surface area contributed by atoms with Gasteiger partial charge in [-0.15, -0.1) is 0 Å². The maximum atomic E-state index is 12.1. The van der Waals surface area contributed by atoms with Crippen LogP contribution in [0, 0.1) is 0 Å². The molecule has 0 bridgehead atoms. The molecule has 1 saturated carbocycles. The highest BCUT2D eigenvalue weighted by Crippen LogP contribution is 2.26. The van der Waals surface area contributed by atoms with Crippen molar-refractivity contribution in [3.05, 3.63) is 0 Å². The number of hydrogen-bond acceptors (Lipinski definition) is 3. The van der Waals surface area contributed by atoms with Gasteiger partial charge >= 0.3 is 6.09 Å². The van der Waals surface area contributed by atoms with Crippen LogP contribution in [-0.2, 0) is 9.53 Å². The van der Waals surface area contributed by atoms with E-state index in [1.165, 1.54) is 0 Å². The molecule has 5 heteroatoms. The maximum absolute atomic E-state index is 12.1. The molecule has 0 aromatic rings. The molecule has 5 nitrogen and oxygen atoms in total. The first-order valence-electron chi connectivity index (χ1n) is 8.16. The number of nitrogens with one attached hydrogen (secondary N) is 1. The first kappa shape index (κ1) is 16.1. The van der Waals surface area contributed by atoms with Gasteiger partial charge in [-0.2, -0.15) is 0 Å². The number of carbonyl (C=O) groups is 2. The average Bonchev–Trinajstić information content (AvgIpc) is 2.38. The number of likely N-dealkylation sites (tertiary alicyclic amines) is 1. The number of ether oxygens (including phenoxy) is 1. The number of amides is 2. The molecular formula is C16H28N2O3. The molecule has 2 aliphatic rings. The van der Waals surface area contributed by atoms with Crippen LogP contribution in [0.1, 0.15) is 65.7 Å². The molecule has 1 N–H and O–H groups in total. The normalized spacial score (nSPS) is 27.4. The zero-order valence-electron chi connectivity index (χ0n) is 13.5. The Kier molecular flexibility index (Phi) is 5.12. The first-order valence-corrected chi connectivity index (χ1v) is 8.16. The van der Waals surface area contributed by atoms with E-state index in [4.69, 9.17) is 4.74 Å². The van der Waals surface area contributed by atoms with Gasteiger partial charge in [0.15, 0.2) is 0 Å². The zero-order chi connectivity index (χ0) is 15.5. The number of hydrogen-bond donors (Lipinski definition) is 1. The van der Waals surface area contributed by atoms with Crippen LogP contribution in [0.3, 0.4) is 0 Å². The smallest absolute Gasteiger partial charge is 0.407 e. The lowest BCUT2D eigenvalue weighted by Crippen LogP contribution is -2.56. The van der Waals surface area contributed by atoms with Crippen LogP contribution in [0.25, 0.3) is 0 Å². The van der Waals surface area contributed by atoms with Crippen molar-refractivity contribution in [2.75, 3.05) is 6.54 Å². The van der Waals surface area contributed by atoms with Gasteiger partial charge in [-0.25, -0.2) is 4.79 Å². The van der Waals surface area contributed by atoms with Gasteiger partial charge in [0.2, 0.25) is 5.91 Å². The van der Waals surface area contributed by atoms with E-state index in [0.717, 1.165) is 45.1 Å². The highest BCUT2D eigenvalue weighted by molar-refractivity contribution is 5.77. The summed E-state index contributed by atoms with van der Waals surface area (Å²) < 4.78 is 5.35. The molecule has 2 rings (SSSR count). The largest absolute Gasteiger partial charge is 0.444 e. The van der Waals surface area contributed by atoms with Crippen molar-refractivity contribution in [3.63, 3.8) is 0 Å². The summed E-state index contributed by atoms with van der Waals surface area (Å²) in [6, 6.07) is 0.162. The fraction of sp³-hybridized carbons (Fsp3) is 0.875. The van der Waals surface area contributed by atoms with Gasteiger partial charge in [0.25, 0.3) is 0 Å². The van der Waals surface area contributed by atoms with E-state index in [1.54, 1.807) is 0 Å². The standard InChI is InChI=1S/C16H28N2O3/c1-16(2,3)21-15(20)17-12-8-4-5-9-13(12)18-11-7-6-10-14(18)19/h12-13H,4-11H2,1-3H3,(H,17,20)/t12-,13-/m1/s1. The van der Waals surface area contributed by atoms with Gasteiger partial charge < -0.3 is 15.0 Å². The first-order chi connectivity index (χ1) is 9.87. The molecular weight excluding hydrogens is 268 g/mol. The van der Waals surface area contributed by atoms with Crippen LogP contribution in [0.15, 0.2) is 0 Å². The molecule has 0 spiro atoms. The highest BCUT2D eigenvalue weighted by Gasteiger charge is 2.35. The third-order valence-electron chi connectivity index (χ3n) is 4.19. The number of nitrogens with zero attached hydrogens (tertiary/aromatic N) is 1. The lowest BCUT2D eigenvalue weighted by atomic mass is 9.88. The van der Waals surface area contributed by atoms with Gasteiger partial charge in [-0.1, -0.05) is 12.8 Å². The molecule has 1 aliphatic carbocycles. The molecule has 0 radical (unpaired) electrons. The molecule has 0 unspecified atom stereocenters. The molecule has 1 aliphatic heterocycles. The number of alkyl carbamates (subject to hydrolysis) is 1. The Hall–Kier alpha value is -1.26. The number of carbonyl (C=O) groups excluding carboxylic acids is 2. The van der Waals surface area contributed by atoms with Crippen LogP contribution < -0.4 is 5.32 Å². The second-order valence-corrected chi connectivity index (χ2v) is 7.15. The lowest BCUT2D eigenvalue weighted by Gasteiger charge is -2.42.